The van der Waals surface area contributed by atoms with E-state index in [-0.39, 0.29) is 0 Å². The van der Waals surface area contributed by atoms with E-state index in [1.807, 2.05) is 71.2 Å². The van der Waals surface area contributed by atoms with Crippen LogP contribution in [0.1, 0.15) is 0 Å². The van der Waals surface area contributed by atoms with Crippen molar-refractivity contribution in [3.63, 3.8) is 0 Å². The van der Waals surface area contributed by atoms with E-state index in [0.29, 0.717) is 17.5 Å². The molecule has 63 heavy (non-hydrogen) atoms. The van der Waals surface area contributed by atoms with Crippen molar-refractivity contribution in [2.75, 3.05) is 0 Å². The molecule has 0 bridgehead atoms. The van der Waals surface area contributed by atoms with Crippen molar-refractivity contribution in [3.05, 3.63) is 200 Å². The summed E-state index contributed by atoms with van der Waals surface area (Å²) in [5, 5.41) is 7.16. The molecule has 0 unspecified atom stereocenters. The minimum Gasteiger partial charge on any atom is -0.456 e. The van der Waals surface area contributed by atoms with E-state index in [1.165, 1.54) is 57.0 Å². The first-order chi connectivity index (χ1) is 31.2. The highest BCUT2D eigenvalue weighted by atomic mass is 32.1. The minimum absolute atomic E-state index is 0.593. The number of furan rings is 1. The van der Waals surface area contributed by atoms with Crippen molar-refractivity contribution in [1.82, 2.24) is 15.0 Å². The third-order valence-corrected chi connectivity index (χ3v) is 14.5. The number of aromatic nitrogens is 3. The summed E-state index contributed by atoms with van der Waals surface area (Å²) in [4.78, 5) is 15.5. The molecule has 4 nitrogen and oxygen atoms in total. The number of benzene rings is 9. The summed E-state index contributed by atoms with van der Waals surface area (Å²) in [5.41, 5.74) is 11.4. The maximum atomic E-state index is 6.59. The molecule has 6 heteroatoms. The van der Waals surface area contributed by atoms with E-state index < -0.39 is 0 Å². The summed E-state index contributed by atoms with van der Waals surface area (Å²) in [6.45, 7) is 0. The van der Waals surface area contributed by atoms with E-state index >= 15 is 0 Å². The van der Waals surface area contributed by atoms with Gasteiger partial charge >= 0.3 is 0 Å². The number of rotatable bonds is 6. The van der Waals surface area contributed by atoms with Crippen LogP contribution in [0.3, 0.4) is 0 Å². The second-order valence-electron chi connectivity index (χ2n) is 15.9. The van der Waals surface area contributed by atoms with Gasteiger partial charge in [-0.2, -0.15) is 0 Å². The maximum Gasteiger partial charge on any atom is 0.164 e. The SMILES string of the molecule is c1ccc(-c2cccc(-c3nc(-c4ccccc4)nc(-c4cccc5oc6ccc(-c7cccc8sc9c(-c%10ccc%11c(c%10)sc%10ccccc%10%11)cccc9c78)cc6c45)n3)c2)cc1. The first-order valence-corrected chi connectivity index (χ1v) is 22.6. The molecule has 0 atom stereocenters. The molecule has 0 fully saturated rings. The van der Waals surface area contributed by atoms with Gasteiger partial charge in [-0.1, -0.05) is 158 Å². The lowest BCUT2D eigenvalue weighted by atomic mass is 9.95. The highest BCUT2D eigenvalue weighted by Crippen LogP contribution is 2.46. The molecule has 0 aliphatic carbocycles. The van der Waals surface area contributed by atoms with Crippen molar-refractivity contribution in [3.8, 4) is 67.5 Å². The van der Waals surface area contributed by atoms with Gasteiger partial charge in [0.2, 0.25) is 0 Å². The van der Waals surface area contributed by atoms with Crippen LogP contribution in [0, 0.1) is 0 Å². The molecule has 13 aromatic rings. The largest absolute Gasteiger partial charge is 0.456 e. The highest BCUT2D eigenvalue weighted by molar-refractivity contribution is 7.26. The first kappa shape index (κ1) is 35.9. The van der Waals surface area contributed by atoms with Crippen LogP contribution in [-0.2, 0) is 0 Å². The van der Waals surface area contributed by atoms with Gasteiger partial charge < -0.3 is 4.42 Å². The van der Waals surface area contributed by atoms with Gasteiger partial charge in [-0.25, -0.2) is 15.0 Å². The fourth-order valence-electron chi connectivity index (χ4n) is 9.20. The number of fused-ring (bicyclic) bond motifs is 9. The van der Waals surface area contributed by atoms with Crippen molar-refractivity contribution < 1.29 is 4.42 Å². The topological polar surface area (TPSA) is 51.8 Å². The first-order valence-electron chi connectivity index (χ1n) is 21.0. The molecule has 0 saturated carbocycles. The third kappa shape index (κ3) is 5.98. The van der Waals surface area contributed by atoms with Gasteiger partial charge in [0.05, 0.1) is 0 Å². The summed E-state index contributed by atoms with van der Waals surface area (Å²) in [6.07, 6.45) is 0. The molecule has 4 aromatic heterocycles. The average molecular weight is 840 g/mol. The molecule has 0 amide bonds. The summed E-state index contributed by atoms with van der Waals surface area (Å²) >= 11 is 3.74. The van der Waals surface area contributed by atoms with Crippen LogP contribution in [0.2, 0.25) is 0 Å². The highest BCUT2D eigenvalue weighted by Gasteiger charge is 2.20. The number of hydrogen-bond donors (Lipinski definition) is 0. The standard InChI is InChI=1S/C57H33N3OS2/c1-3-13-34(14-4-1)36-17-9-18-39(31-36)56-58-55(35-15-5-2-6-16-35)59-57(60-56)45-23-11-24-48-52(45)46-32-37(28-30-47(46)61-48)40-20-12-26-50-53(40)44-22-10-21-41(54(44)63-50)38-27-29-43-42-19-7-8-25-49(42)62-51(43)33-38/h1-33H. The fourth-order valence-corrected chi connectivity index (χ4v) is 11.6. The summed E-state index contributed by atoms with van der Waals surface area (Å²) in [7, 11) is 0. The number of hydrogen-bond acceptors (Lipinski definition) is 6. The second-order valence-corrected chi connectivity index (χ2v) is 18.0. The summed E-state index contributed by atoms with van der Waals surface area (Å²) in [6, 6.07) is 70.8. The maximum absolute atomic E-state index is 6.59. The van der Waals surface area contributed by atoms with Crippen LogP contribution in [0.5, 0.6) is 0 Å². The van der Waals surface area contributed by atoms with Crippen molar-refractivity contribution in [2.24, 2.45) is 0 Å². The van der Waals surface area contributed by atoms with Crippen molar-refractivity contribution >= 4 is 85.0 Å². The van der Waals surface area contributed by atoms with E-state index in [2.05, 4.69) is 152 Å². The number of thiophene rings is 2. The van der Waals surface area contributed by atoms with Crippen LogP contribution in [-0.4, -0.2) is 15.0 Å². The molecular weight excluding hydrogens is 807 g/mol. The molecule has 13 rings (SSSR count). The van der Waals surface area contributed by atoms with Gasteiger partial charge in [-0.15, -0.1) is 22.7 Å². The Kier molecular flexibility index (Phi) is 8.22. The molecular formula is C57H33N3OS2. The smallest absolute Gasteiger partial charge is 0.164 e. The molecule has 0 spiro atoms. The predicted molar refractivity (Wildman–Crippen MR) is 265 cm³/mol. The monoisotopic (exact) mass is 839 g/mol. The predicted octanol–water partition coefficient (Wildman–Crippen LogP) is 16.5. The average Bonchev–Trinajstić information content (AvgIpc) is 4.05. The molecule has 0 saturated heterocycles. The molecule has 9 aromatic carbocycles. The van der Waals surface area contributed by atoms with E-state index in [0.717, 1.165) is 55.3 Å². The Hall–Kier alpha value is -7.77. The lowest BCUT2D eigenvalue weighted by Crippen LogP contribution is -2.00. The second kappa shape index (κ2) is 14.4. The van der Waals surface area contributed by atoms with Gasteiger partial charge in [0.1, 0.15) is 11.2 Å². The normalized spacial score (nSPS) is 11.8. The Morgan fingerprint density at radius 2 is 0.921 bits per heavy atom. The Bertz CT molecular complexity index is 3920. The molecule has 4 heterocycles. The fraction of sp³-hybridized carbons (Fsp3) is 0. The van der Waals surface area contributed by atoms with Gasteiger partial charge in [0.15, 0.2) is 17.5 Å². The molecule has 0 radical (unpaired) electrons. The van der Waals surface area contributed by atoms with E-state index in [1.54, 1.807) is 0 Å². The van der Waals surface area contributed by atoms with Gasteiger partial charge in [-0.05, 0) is 75.8 Å². The van der Waals surface area contributed by atoms with Crippen LogP contribution < -0.4 is 0 Å². The Balaban J connectivity index is 0.966. The van der Waals surface area contributed by atoms with Crippen molar-refractivity contribution in [2.45, 2.75) is 0 Å². The zero-order chi connectivity index (χ0) is 41.4. The van der Waals surface area contributed by atoms with Crippen LogP contribution >= 0.6 is 22.7 Å². The zero-order valence-corrected chi connectivity index (χ0v) is 35.3. The lowest BCUT2D eigenvalue weighted by Gasteiger charge is -2.10. The van der Waals surface area contributed by atoms with E-state index in [9.17, 15) is 0 Å². The molecule has 0 aliphatic heterocycles. The molecule has 294 valence electrons. The van der Waals surface area contributed by atoms with Crippen LogP contribution in [0.25, 0.3) is 130 Å². The van der Waals surface area contributed by atoms with Gasteiger partial charge in [0.25, 0.3) is 0 Å². The molecule has 0 N–H and O–H groups in total. The van der Waals surface area contributed by atoms with Crippen molar-refractivity contribution in [1.29, 1.82) is 0 Å². The van der Waals surface area contributed by atoms with Crippen LogP contribution in [0.4, 0.5) is 0 Å². The minimum atomic E-state index is 0.593. The van der Waals surface area contributed by atoms with Gasteiger partial charge in [-0.3, -0.25) is 0 Å². The Morgan fingerprint density at radius 3 is 1.81 bits per heavy atom. The third-order valence-electron chi connectivity index (χ3n) is 12.2. The van der Waals surface area contributed by atoms with Crippen LogP contribution in [0.15, 0.2) is 205 Å². The lowest BCUT2D eigenvalue weighted by molar-refractivity contribution is 0.669. The quantitative estimate of drug-likeness (QED) is 0.167. The number of nitrogens with zero attached hydrogens (tertiary/aromatic N) is 3. The Morgan fingerprint density at radius 1 is 0.302 bits per heavy atom. The van der Waals surface area contributed by atoms with E-state index in [4.69, 9.17) is 19.4 Å². The zero-order valence-electron chi connectivity index (χ0n) is 33.6. The molecule has 0 aliphatic rings. The summed E-state index contributed by atoms with van der Waals surface area (Å²) < 4.78 is 11.8. The van der Waals surface area contributed by atoms with Gasteiger partial charge in [0, 0.05) is 67.8 Å². The Labute approximate surface area is 370 Å². The summed E-state index contributed by atoms with van der Waals surface area (Å²) in [5.74, 6) is 1.82.